The van der Waals surface area contributed by atoms with Crippen molar-refractivity contribution < 1.29 is 24.0 Å². The van der Waals surface area contributed by atoms with Crippen molar-refractivity contribution >= 4 is 17.3 Å². The number of nitro benzene ring substituents is 1. The molecule has 31 heavy (non-hydrogen) atoms. The van der Waals surface area contributed by atoms with Gasteiger partial charge >= 0.3 is 5.69 Å². The molecule has 0 heterocycles. The van der Waals surface area contributed by atoms with Gasteiger partial charge < -0.3 is 19.6 Å². The summed E-state index contributed by atoms with van der Waals surface area (Å²) in [5, 5.41) is 17.5. The van der Waals surface area contributed by atoms with E-state index in [-0.39, 0.29) is 17.1 Å². The van der Waals surface area contributed by atoms with Gasteiger partial charge in [0.1, 0.15) is 24.4 Å². The predicted molar refractivity (Wildman–Crippen MR) is 114 cm³/mol. The molecule has 3 aromatic carbocycles. The van der Waals surface area contributed by atoms with E-state index >= 15 is 0 Å². The number of ether oxygens (including phenoxy) is 2. The van der Waals surface area contributed by atoms with Gasteiger partial charge in [0.2, 0.25) is 5.75 Å². The highest BCUT2D eigenvalue weighted by Crippen LogP contribution is 2.34. The summed E-state index contributed by atoms with van der Waals surface area (Å²) < 4.78 is 11.6. The van der Waals surface area contributed by atoms with E-state index in [0.29, 0.717) is 22.8 Å². The van der Waals surface area contributed by atoms with Gasteiger partial charge in [0, 0.05) is 19.2 Å². The summed E-state index contributed by atoms with van der Waals surface area (Å²) in [6, 6.07) is 19.5. The van der Waals surface area contributed by atoms with Crippen LogP contribution in [0.25, 0.3) is 0 Å². The normalized spacial score (nSPS) is 10.8. The summed E-state index contributed by atoms with van der Waals surface area (Å²) in [4.78, 5) is 27.7. The van der Waals surface area contributed by atoms with Crippen LogP contribution in [0.2, 0.25) is 0 Å². The molecule has 0 spiro atoms. The fraction of sp³-hybridized carbons (Fsp3) is 0.0909. The smallest absolute Gasteiger partial charge is 0.311 e. The fourth-order valence-electron chi connectivity index (χ4n) is 2.72. The highest BCUT2D eigenvalue weighted by atomic mass is 16.6. The number of amides is 1. The standard InChI is InChI=1S/C22H19N3O6/c1-23-22(26)21(24-29-2)17-10-3-5-12-19(17)30-15-8-7-9-16(14-15)31-20-13-6-4-11-18(20)25(27)28/h3-14H,1-2H3,(H,23,26). The molecule has 0 aliphatic carbocycles. The largest absolute Gasteiger partial charge is 0.457 e. The zero-order chi connectivity index (χ0) is 22.2. The number of benzene rings is 3. The van der Waals surface area contributed by atoms with Gasteiger partial charge in [0.15, 0.2) is 5.71 Å². The Morgan fingerprint density at radius 3 is 2.19 bits per heavy atom. The number of nitrogens with one attached hydrogen (secondary N) is 1. The zero-order valence-corrected chi connectivity index (χ0v) is 16.8. The lowest BCUT2D eigenvalue weighted by molar-refractivity contribution is -0.385. The van der Waals surface area contributed by atoms with Crippen molar-refractivity contribution in [1.82, 2.24) is 5.32 Å². The van der Waals surface area contributed by atoms with E-state index < -0.39 is 10.8 Å². The molecule has 1 N–H and O–H groups in total. The molecular formula is C22H19N3O6. The molecule has 1 amide bonds. The fourth-order valence-corrected chi connectivity index (χ4v) is 2.72. The van der Waals surface area contributed by atoms with Crippen molar-refractivity contribution in [2.45, 2.75) is 0 Å². The van der Waals surface area contributed by atoms with Crippen LogP contribution in [-0.2, 0) is 9.63 Å². The van der Waals surface area contributed by atoms with Gasteiger partial charge in [-0.3, -0.25) is 14.9 Å². The van der Waals surface area contributed by atoms with Crippen LogP contribution in [0.5, 0.6) is 23.0 Å². The van der Waals surface area contributed by atoms with Crippen LogP contribution >= 0.6 is 0 Å². The Morgan fingerprint density at radius 1 is 0.935 bits per heavy atom. The molecular weight excluding hydrogens is 402 g/mol. The number of hydrogen-bond acceptors (Lipinski definition) is 7. The van der Waals surface area contributed by atoms with E-state index in [9.17, 15) is 14.9 Å². The molecule has 0 atom stereocenters. The molecule has 0 saturated heterocycles. The minimum Gasteiger partial charge on any atom is -0.457 e. The Labute approximate surface area is 178 Å². The monoisotopic (exact) mass is 421 g/mol. The van der Waals surface area contributed by atoms with E-state index in [1.54, 1.807) is 60.7 Å². The Kier molecular flexibility index (Phi) is 6.79. The third-order valence-electron chi connectivity index (χ3n) is 4.09. The van der Waals surface area contributed by atoms with Crippen LogP contribution in [0.1, 0.15) is 5.56 Å². The lowest BCUT2D eigenvalue weighted by Crippen LogP contribution is -2.28. The third kappa shape index (κ3) is 5.15. The second kappa shape index (κ2) is 9.88. The number of oxime groups is 1. The van der Waals surface area contributed by atoms with Gasteiger partial charge in [-0.15, -0.1) is 0 Å². The van der Waals surface area contributed by atoms with E-state index in [2.05, 4.69) is 10.5 Å². The number of nitro groups is 1. The topological polar surface area (TPSA) is 112 Å². The van der Waals surface area contributed by atoms with Gasteiger partial charge in [-0.05, 0) is 30.3 Å². The average molecular weight is 421 g/mol. The second-order valence-electron chi connectivity index (χ2n) is 6.10. The molecule has 0 radical (unpaired) electrons. The number of hydrogen-bond donors (Lipinski definition) is 1. The highest BCUT2D eigenvalue weighted by Gasteiger charge is 2.19. The number of para-hydroxylation sites is 3. The van der Waals surface area contributed by atoms with Crippen molar-refractivity contribution in [1.29, 1.82) is 0 Å². The van der Waals surface area contributed by atoms with E-state index in [4.69, 9.17) is 14.3 Å². The van der Waals surface area contributed by atoms with Crippen LogP contribution < -0.4 is 14.8 Å². The van der Waals surface area contributed by atoms with Crippen molar-refractivity contribution in [2.75, 3.05) is 14.2 Å². The predicted octanol–water partition coefficient (Wildman–Crippen LogP) is 4.28. The lowest BCUT2D eigenvalue weighted by atomic mass is 10.1. The number of nitrogens with zero attached hydrogens (tertiary/aromatic N) is 2. The van der Waals surface area contributed by atoms with Crippen molar-refractivity contribution in [2.24, 2.45) is 5.16 Å². The second-order valence-corrected chi connectivity index (χ2v) is 6.10. The Morgan fingerprint density at radius 2 is 1.55 bits per heavy atom. The van der Waals surface area contributed by atoms with Gasteiger partial charge in [0.05, 0.1) is 10.5 Å². The molecule has 9 nitrogen and oxygen atoms in total. The molecule has 9 heteroatoms. The molecule has 158 valence electrons. The quantitative estimate of drug-likeness (QED) is 0.330. The maximum absolute atomic E-state index is 12.2. The number of carbonyl (C=O) groups is 1. The molecule has 3 aromatic rings. The summed E-state index contributed by atoms with van der Waals surface area (Å²) in [6.07, 6.45) is 0. The van der Waals surface area contributed by atoms with Crippen LogP contribution in [0, 0.1) is 10.1 Å². The first-order valence-corrected chi connectivity index (χ1v) is 9.15. The van der Waals surface area contributed by atoms with Crippen molar-refractivity contribution in [3.63, 3.8) is 0 Å². The molecule has 0 fully saturated rings. The summed E-state index contributed by atoms with van der Waals surface area (Å²) in [6.45, 7) is 0. The van der Waals surface area contributed by atoms with Gasteiger partial charge in [0.25, 0.3) is 5.91 Å². The Bertz CT molecular complexity index is 1130. The third-order valence-corrected chi connectivity index (χ3v) is 4.09. The molecule has 0 aromatic heterocycles. The summed E-state index contributed by atoms with van der Waals surface area (Å²) in [5.74, 6) is 0.786. The van der Waals surface area contributed by atoms with Crippen molar-refractivity contribution in [3.05, 3.63) is 88.5 Å². The van der Waals surface area contributed by atoms with Gasteiger partial charge in [-0.1, -0.05) is 35.5 Å². The first-order chi connectivity index (χ1) is 15.0. The van der Waals surface area contributed by atoms with Crippen LogP contribution in [0.15, 0.2) is 78.0 Å². The van der Waals surface area contributed by atoms with Crippen LogP contribution in [-0.4, -0.2) is 30.7 Å². The molecule has 0 aliphatic rings. The first-order valence-electron chi connectivity index (χ1n) is 9.15. The highest BCUT2D eigenvalue weighted by molar-refractivity contribution is 6.45. The van der Waals surface area contributed by atoms with Crippen LogP contribution in [0.4, 0.5) is 5.69 Å². The average Bonchev–Trinajstić information content (AvgIpc) is 2.78. The van der Waals surface area contributed by atoms with Crippen molar-refractivity contribution in [3.8, 4) is 23.0 Å². The minimum absolute atomic E-state index is 0.0490. The summed E-state index contributed by atoms with van der Waals surface area (Å²) in [7, 11) is 2.83. The zero-order valence-electron chi connectivity index (χ0n) is 16.8. The molecule has 0 unspecified atom stereocenters. The van der Waals surface area contributed by atoms with E-state index in [0.717, 1.165) is 0 Å². The SMILES string of the molecule is CNC(=O)C(=NOC)c1ccccc1Oc1cccc(Oc2ccccc2[N+](=O)[O-])c1. The van der Waals surface area contributed by atoms with E-state index in [1.807, 2.05) is 0 Å². The number of likely N-dealkylation sites (N-methyl/N-ethyl adjacent to an activating group) is 1. The molecule has 0 aliphatic heterocycles. The minimum atomic E-state index is -0.513. The lowest BCUT2D eigenvalue weighted by Gasteiger charge is -2.13. The maximum Gasteiger partial charge on any atom is 0.311 e. The van der Waals surface area contributed by atoms with Gasteiger partial charge in [-0.25, -0.2) is 0 Å². The Balaban J connectivity index is 1.90. The molecule has 0 saturated carbocycles. The van der Waals surface area contributed by atoms with Gasteiger partial charge in [-0.2, -0.15) is 0 Å². The Hall–Kier alpha value is -4.40. The number of rotatable bonds is 8. The molecule has 0 bridgehead atoms. The van der Waals surface area contributed by atoms with Crippen LogP contribution in [0.3, 0.4) is 0 Å². The first kappa shape index (κ1) is 21.3. The summed E-state index contributed by atoms with van der Waals surface area (Å²) >= 11 is 0. The summed E-state index contributed by atoms with van der Waals surface area (Å²) in [5.41, 5.74) is 0.326. The number of carbonyl (C=O) groups excluding carboxylic acids is 1. The maximum atomic E-state index is 12.2. The van der Waals surface area contributed by atoms with E-state index in [1.165, 1.54) is 26.3 Å². The molecule has 3 rings (SSSR count).